The van der Waals surface area contributed by atoms with Crippen LogP contribution in [0.25, 0.3) is 0 Å². The zero-order valence-corrected chi connectivity index (χ0v) is 8.33. The van der Waals surface area contributed by atoms with Gasteiger partial charge in [-0.2, -0.15) is 17.6 Å². The van der Waals surface area contributed by atoms with Gasteiger partial charge in [0.25, 0.3) is 6.43 Å². The van der Waals surface area contributed by atoms with Crippen molar-refractivity contribution in [2.75, 3.05) is 0 Å². The molecular weight excluding hydrogens is 292 g/mol. The molecule has 0 aliphatic heterocycles. The molecule has 0 unspecified atom stereocenters. The Hall–Kier alpha value is -0.790. The molecule has 1 aromatic heterocycles. The summed E-state index contributed by atoms with van der Waals surface area (Å²) in [5, 5.41) is 0. The van der Waals surface area contributed by atoms with E-state index in [1.807, 2.05) is 0 Å². The van der Waals surface area contributed by atoms with E-state index in [9.17, 15) is 26.3 Å². The summed E-state index contributed by atoms with van der Waals surface area (Å²) < 4.78 is 73.3. The van der Waals surface area contributed by atoms with Crippen LogP contribution in [0.5, 0.6) is 0 Å². The summed E-state index contributed by atoms with van der Waals surface area (Å²) in [5.74, 6) is -1.97. The predicted molar refractivity (Wildman–Crippen MR) is 41.9 cm³/mol. The minimum absolute atomic E-state index is 0.414. The molecule has 8 heteroatoms. The zero-order valence-electron chi connectivity index (χ0n) is 6.75. The Kier molecular flexibility index (Phi) is 3.27. The summed E-state index contributed by atoms with van der Waals surface area (Å²) in [6.07, 6.45) is -8.61. The van der Waals surface area contributed by atoms with Crippen molar-refractivity contribution in [2.24, 2.45) is 0 Å². The van der Waals surface area contributed by atoms with E-state index in [0.717, 1.165) is 0 Å². The van der Waals surface area contributed by atoms with Gasteiger partial charge in [0.15, 0.2) is 0 Å². The Balaban J connectivity index is 3.48. The number of aromatic nitrogens is 1. The molecule has 0 atom stereocenters. The van der Waals surface area contributed by atoms with E-state index in [1.54, 1.807) is 0 Å². The third-order valence-corrected chi connectivity index (χ3v) is 1.90. The second-order valence-electron chi connectivity index (χ2n) is 2.50. The predicted octanol–water partition coefficient (Wildman–Crippen LogP) is 3.94. The zero-order chi connectivity index (χ0) is 11.8. The smallest absolute Gasteiger partial charge is 0.212 e. The maximum atomic E-state index is 12.8. The molecule has 0 aliphatic carbocycles. The average Bonchev–Trinajstić information content (AvgIpc) is 1.99. The van der Waals surface area contributed by atoms with Gasteiger partial charge in [-0.05, 0) is 22.0 Å². The first-order chi connectivity index (χ1) is 6.73. The van der Waals surface area contributed by atoms with Gasteiger partial charge in [0.2, 0.25) is 5.95 Å². The first-order valence-electron chi connectivity index (χ1n) is 3.44. The Morgan fingerprint density at radius 2 is 1.80 bits per heavy atom. The molecule has 0 aromatic carbocycles. The molecule has 15 heavy (non-hydrogen) atoms. The van der Waals surface area contributed by atoms with E-state index in [0.29, 0.717) is 6.07 Å². The Labute approximate surface area is 88.2 Å². The molecule has 0 amide bonds. The van der Waals surface area contributed by atoms with Crippen molar-refractivity contribution in [2.45, 2.75) is 12.6 Å². The third kappa shape index (κ3) is 2.61. The lowest BCUT2D eigenvalue weighted by atomic mass is 10.1. The third-order valence-electron chi connectivity index (χ3n) is 1.49. The molecule has 84 valence electrons. The van der Waals surface area contributed by atoms with Gasteiger partial charge in [-0.3, -0.25) is 0 Å². The van der Waals surface area contributed by atoms with Crippen molar-refractivity contribution in [1.29, 1.82) is 0 Å². The summed E-state index contributed by atoms with van der Waals surface area (Å²) in [7, 11) is 0. The number of nitrogens with zero attached hydrogens (tertiary/aromatic N) is 1. The van der Waals surface area contributed by atoms with Gasteiger partial charge in [0, 0.05) is 5.56 Å². The maximum absolute atomic E-state index is 12.8. The summed E-state index contributed by atoms with van der Waals surface area (Å²) in [6, 6.07) is 0.441. The highest BCUT2D eigenvalue weighted by atomic mass is 79.9. The van der Waals surface area contributed by atoms with Crippen molar-refractivity contribution in [1.82, 2.24) is 4.98 Å². The first kappa shape index (κ1) is 12.3. The minimum Gasteiger partial charge on any atom is -0.212 e. The van der Waals surface area contributed by atoms with E-state index >= 15 is 0 Å². The molecule has 0 fully saturated rings. The van der Waals surface area contributed by atoms with Crippen LogP contribution in [0.1, 0.15) is 17.6 Å². The molecule has 0 saturated carbocycles. The topological polar surface area (TPSA) is 12.9 Å². The summed E-state index contributed by atoms with van der Waals surface area (Å²) in [5.41, 5.74) is -3.46. The Bertz CT molecular complexity index is 374. The number of halogens is 7. The standard InChI is InChI=1S/C7H2BrF6N/c8-3-1-2(5(9)10)4(6(11)15-3)7(12,13)14/h1,5H. The maximum Gasteiger partial charge on any atom is 0.421 e. The highest BCUT2D eigenvalue weighted by Crippen LogP contribution is 2.38. The van der Waals surface area contributed by atoms with Gasteiger partial charge in [-0.15, -0.1) is 0 Å². The van der Waals surface area contributed by atoms with E-state index in [1.165, 1.54) is 0 Å². The summed E-state index contributed by atoms with van der Waals surface area (Å²) in [4.78, 5) is 2.78. The molecule has 1 heterocycles. The van der Waals surface area contributed by atoms with Gasteiger partial charge in [0.05, 0.1) is 0 Å². The van der Waals surface area contributed by atoms with Crippen LogP contribution in [0.2, 0.25) is 0 Å². The fourth-order valence-corrected chi connectivity index (χ4v) is 1.36. The van der Waals surface area contributed by atoms with Crippen molar-refractivity contribution in [3.63, 3.8) is 0 Å². The number of pyridine rings is 1. The monoisotopic (exact) mass is 293 g/mol. The number of rotatable bonds is 1. The van der Waals surface area contributed by atoms with E-state index < -0.39 is 34.3 Å². The number of hydrogen-bond acceptors (Lipinski definition) is 1. The number of hydrogen-bond donors (Lipinski definition) is 0. The molecule has 0 radical (unpaired) electrons. The van der Waals surface area contributed by atoms with Crippen molar-refractivity contribution in [3.05, 3.63) is 27.7 Å². The minimum atomic E-state index is -5.19. The molecule has 1 rings (SSSR count). The largest absolute Gasteiger partial charge is 0.421 e. The van der Waals surface area contributed by atoms with E-state index in [4.69, 9.17) is 0 Å². The van der Waals surface area contributed by atoms with Gasteiger partial charge >= 0.3 is 6.18 Å². The molecule has 0 bridgehead atoms. The lowest BCUT2D eigenvalue weighted by molar-refractivity contribution is -0.142. The van der Waals surface area contributed by atoms with Crippen LogP contribution in [-0.4, -0.2) is 4.98 Å². The van der Waals surface area contributed by atoms with E-state index in [-0.39, 0.29) is 0 Å². The quantitative estimate of drug-likeness (QED) is 0.564. The Morgan fingerprint density at radius 1 is 1.27 bits per heavy atom. The van der Waals surface area contributed by atoms with E-state index in [2.05, 4.69) is 20.9 Å². The van der Waals surface area contributed by atoms with Gasteiger partial charge in [-0.25, -0.2) is 13.8 Å². The molecular formula is C7H2BrF6N. The Morgan fingerprint density at radius 3 is 2.20 bits per heavy atom. The second-order valence-corrected chi connectivity index (χ2v) is 3.31. The van der Waals surface area contributed by atoms with Crippen LogP contribution >= 0.6 is 15.9 Å². The van der Waals surface area contributed by atoms with Crippen LogP contribution in [-0.2, 0) is 6.18 Å². The first-order valence-corrected chi connectivity index (χ1v) is 4.24. The highest BCUT2D eigenvalue weighted by Gasteiger charge is 2.40. The lowest BCUT2D eigenvalue weighted by Crippen LogP contribution is -2.14. The fourth-order valence-electron chi connectivity index (χ4n) is 0.954. The van der Waals surface area contributed by atoms with Gasteiger partial charge < -0.3 is 0 Å². The summed E-state index contributed by atoms with van der Waals surface area (Å²) >= 11 is 2.53. The average molecular weight is 294 g/mol. The van der Waals surface area contributed by atoms with Crippen LogP contribution in [0.4, 0.5) is 26.3 Å². The van der Waals surface area contributed by atoms with Crippen LogP contribution in [0, 0.1) is 5.95 Å². The molecule has 1 nitrogen and oxygen atoms in total. The molecule has 0 aliphatic rings. The lowest BCUT2D eigenvalue weighted by Gasteiger charge is -2.12. The van der Waals surface area contributed by atoms with Crippen LogP contribution in [0.15, 0.2) is 10.7 Å². The van der Waals surface area contributed by atoms with Gasteiger partial charge in [-0.1, -0.05) is 0 Å². The van der Waals surface area contributed by atoms with Crippen molar-refractivity contribution in [3.8, 4) is 0 Å². The SMILES string of the molecule is Fc1nc(Br)cc(C(F)F)c1C(F)(F)F. The van der Waals surface area contributed by atoms with Crippen molar-refractivity contribution < 1.29 is 26.3 Å². The highest BCUT2D eigenvalue weighted by molar-refractivity contribution is 9.10. The van der Waals surface area contributed by atoms with Crippen molar-refractivity contribution >= 4 is 15.9 Å². The fraction of sp³-hybridized carbons (Fsp3) is 0.286. The number of alkyl halides is 5. The molecule has 0 N–H and O–H groups in total. The van der Waals surface area contributed by atoms with Gasteiger partial charge in [0.1, 0.15) is 10.2 Å². The second kappa shape index (κ2) is 3.99. The molecule has 0 spiro atoms. The molecule has 1 aromatic rings. The summed E-state index contributed by atoms with van der Waals surface area (Å²) in [6.45, 7) is 0. The van der Waals surface area contributed by atoms with Crippen LogP contribution in [0.3, 0.4) is 0 Å². The molecule has 0 saturated heterocycles. The van der Waals surface area contributed by atoms with Crippen LogP contribution < -0.4 is 0 Å². The normalized spacial score (nSPS) is 12.3.